The van der Waals surface area contributed by atoms with E-state index in [0.29, 0.717) is 11.7 Å². The second-order valence-corrected chi connectivity index (χ2v) is 4.15. The van der Waals surface area contributed by atoms with Gasteiger partial charge in [0.25, 0.3) is 0 Å². The molecule has 76 valence electrons. The van der Waals surface area contributed by atoms with Crippen molar-refractivity contribution in [1.82, 2.24) is 0 Å². The van der Waals surface area contributed by atoms with E-state index in [-0.39, 0.29) is 5.82 Å². The van der Waals surface area contributed by atoms with Crippen molar-refractivity contribution in [3.05, 3.63) is 24.0 Å². The summed E-state index contributed by atoms with van der Waals surface area (Å²) in [6, 6.07) is 4.90. The van der Waals surface area contributed by atoms with Crippen LogP contribution in [0.1, 0.15) is 19.8 Å². The fraction of sp³-hybridized carbons (Fsp3) is 0.455. The zero-order valence-electron chi connectivity index (χ0n) is 8.26. The molecule has 1 fully saturated rings. The van der Waals surface area contributed by atoms with Crippen molar-refractivity contribution in [3.63, 3.8) is 0 Å². The highest BCUT2D eigenvalue weighted by Gasteiger charge is 2.25. The zero-order chi connectivity index (χ0) is 10.1. The van der Waals surface area contributed by atoms with Gasteiger partial charge in [0.1, 0.15) is 5.82 Å². The molecule has 2 rings (SSSR count). The molecule has 0 aliphatic heterocycles. The predicted molar refractivity (Wildman–Crippen MR) is 56.6 cm³/mol. The van der Waals surface area contributed by atoms with Crippen LogP contribution in [0.4, 0.5) is 15.8 Å². The lowest BCUT2D eigenvalue weighted by Crippen LogP contribution is -2.34. The Morgan fingerprint density at radius 1 is 1.43 bits per heavy atom. The van der Waals surface area contributed by atoms with Crippen LogP contribution < -0.4 is 11.1 Å². The number of hydrogen-bond acceptors (Lipinski definition) is 2. The highest BCUT2D eigenvalue weighted by Crippen LogP contribution is 2.31. The lowest BCUT2D eigenvalue weighted by Gasteiger charge is -2.34. The molecule has 3 N–H and O–H groups in total. The average molecular weight is 194 g/mol. The molecule has 0 unspecified atom stereocenters. The van der Waals surface area contributed by atoms with Crippen molar-refractivity contribution in [1.29, 1.82) is 0 Å². The average Bonchev–Trinajstić information content (AvgIpc) is 2.09. The van der Waals surface area contributed by atoms with Crippen LogP contribution in [0.15, 0.2) is 18.2 Å². The van der Waals surface area contributed by atoms with Crippen LogP contribution in [0.5, 0.6) is 0 Å². The maximum Gasteiger partial charge on any atom is 0.125 e. The molecular weight excluding hydrogens is 179 g/mol. The molecule has 1 aliphatic rings. The third kappa shape index (κ3) is 1.81. The molecule has 0 heterocycles. The Hall–Kier alpha value is -1.25. The van der Waals surface area contributed by atoms with E-state index in [0.717, 1.165) is 24.4 Å². The molecule has 0 saturated heterocycles. The normalized spacial score (nSPS) is 25.6. The number of halogens is 1. The number of nitrogens with two attached hydrogens (primary N) is 1. The van der Waals surface area contributed by atoms with Gasteiger partial charge >= 0.3 is 0 Å². The second kappa shape index (κ2) is 3.48. The van der Waals surface area contributed by atoms with Gasteiger partial charge in [-0.15, -0.1) is 0 Å². The Kier molecular flexibility index (Phi) is 2.32. The SMILES string of the molecule is CC1CC(Nc2cc(F)ccc2N)C1. The van der Waals surface area contributed by atoms with Crippen LogP contribution in [-0.4, -0.2) is 6.04 Å². The minimum Gasteiger partial charge on any atom is -0.397 e. The van der Waals surface area contributed by atoms with Crippen molar-refractivity contribution in [2.75, 3.05) is 11.1 Å². The summed E-state index contributed by atoms with van der Waals surface area (Å²) in [6.45, 7) is 2.22. The molecule has 1 aliphatic carbocycles. The van der Waals surface area contributed by atoms with Gasteiger partial charge in [-0.1, -0.05) is 6.92 Å². The quantitative estimate of drug-likeness (QED) is 0.710. The molecule has 1 aromatic carbocycles. The number of hydrogen-bond donors (Lipinski definition) is 2. The summed E-state index contributed by atoms with van der Waals surface area (Å²) < 4.78 is 12.9. The summed E-state index contributed by atoms with van der Waals surface area (Å²) in [6.07, 6.45) is 2.30. The van der Waals surface area contributed by atoms with Crippen LogP contribution >= 0.6 is 0 Å². The van der Waals surface area contributed by atoms with E-state index in [4.69, 9.17) is 5.73 Å². The van der Waals surface area contributed by atoms with Crippen molar-refractivity contribution in [3.8, 4) is 0 Å². The number of nitrogen functional groups attached to an aromatic ring is 1. The van der Waals surface area contributed by atoms with Gasteiger partial charge in [-0.3, -0.25) is 0 Å². The zero-order valence-corrected chi connectivity index (χ0v) is 8.26. The van der Waals surface area contributed by atoms with E-state index in [2.05, 4.69) is 12.2 Å². The van der Waals surface area contributed by atoms with Gasteiger partial charge < -0.3 is 11.1 Å². The minimum atomic E-state index is -0.242. The second-order valence-electron chi connectivity index (χ2n) is 4.15. The molecule has 1 aromatic rings. The molecule has 0 amide bonds. The van der Waals surface area contributed by atoms with Crippen molar-refractivity contribution >= 4 is 11.4 Å². The lowest BCUT2D eigenvalue weighted by atomic mass is 9.82. The largest absolute Gasteiger partial charge is 0.397 e. The summed E-state index contributed by atoms with van der Waals surface area (Å²) >= 11 is 0. The van der Waals surface area contributed by atoms with Gasteiger partial charge in [-0.05, 0) is 37.0 Å². The van der Waals surface area contributed by atoms with E-state index in [1.165, 1.54) is 12.1 Å². The number of nitrogens with one attached hydrogen (secondary N) is 1. The minimum absolute atomic E-state index is 0.242. The number of anilines is 2. The summed E-state index contributed by atoms with van der Waals surface area (Å²) in [5, 5.41) is 3.25. The molecule has 0 bridgehead atoms. The monoisotopic (exact) mass is 194 g/mol. The van der Waals surface area contributed by atoms with Crippen molar-refractivity contribution in [2.24, 2.45) is 5.92 Å². The molecular formula is C11H15FN2. The van der Waals surface area contributed by atoms with E-state index < -0.39 is 0 Å². The van der Waals surface area contributed by atoms with Gasteiger partial charge in [0.15, 0.2) is 0 Å². The van der Waals surface area contributed by atoms with Crippen molar-refractivity contribution < 1.29 is 4.39 Å². The van der Waals surface area contributed by atoms with Gasteiger partial charge in [0.05, 0.1) is 11.4 Å². The maximum absolute atomic E-state index is 12.9. The summed E-state index contributed by atoms with van der Waals surface area (Å²) in [7, 11) is 0. The van der Waals surface area contributed by atoms with Gasteiger partial charge in [0.2, 0.25) is 0 Å². The Bertz CT molecular complexity index is 332. The van der Waals surface area contributed by atoms with Crippen LogP contribution in [-0.2, 0) is 0 Å². The summed E-state index contributed by atoms with van der Waals surface area (Å²) in [5.41, 5.74) is 7.06. The number of benzene rings is 1. The maximum atomic E-state index is 12.9. The lowest BCUT2D eigenvalue weighted by molar-refractivity contribution is 0.309. The first-order valence-electron chi connectivity index (χ1n) is 4.96. The molecule has 14 heavy (non-hydrogen) atoms. The highest BCUT2D eigenvalue weighted by molar-refractivity contribution is 5.66. The molecule has 0 spiro atoms. The Morgan fingerprint density at radius 3 is 2.79 bits per heavy atom. The highest BCUT2D eigenvalue weighted by atomic mass is 19.1. The van der Waals surface area contributed by atoms with Crippen molar-refractivity contribution in [2.45, 2.75) is 25.8 Å². The van der Waals surface area contributed by atoms with Crippen LogP contribution in [0.25, 0.3) is 0 Å². The first kappa shape index (κ1) is 9.31. The van der Waals surface area contributed by atoms with Crippen LogP contribution in [0.3, 0.4) is 0 Å². The Morgan fingerprint density at radius 2 is 2.14 bits per heavy atom. The fourth-order valence-corrected chi connectivity index (χ4v) is 1.89. The summed E-state index contributed by atoms with van der Waals surface area (Å²) in [4.78, 5) is 0. The van der Waals surface area contributed by atoms with E-state index in [1.807, 2.05) is 0 Å². The third-order valence-electron chi connectivity index (χ3n) is 2.75. The number of rotatable bonds is 2. The standard InChI is InChI=1S/C11H15FN2/c1-7-4-9(5-7)14-11-6-8(12)2-3-10(11)13/h2-3,6-7,9,14H,4-5,13H2,1H3. The molecule has 1 saturated carbocycles. The van der Waals surface area contributed by atoms with Crippen LogP contribution in [0, 0.1) is 11.7 Å². The topological polar surface area (TPSA) is 38.0 Å². The van der Waals surface area contributed by atoms with E-state index >= 15 is 0 Å². The molecule has 2 nitrogen and oxygen atoms in total. The molecule has 3 heteroatoms. The molecule has 0 aromatic heterocycles. The van der Waals surface area contributed by atoms with Gasteiger partial charge in [-0.2, -0.15) is 0 Å². The Balaban J connectivity index is 2.05. The first-order valence-corrected chi connectivity index (χ1v) is 4.96. The van der Waals surface area contributed by atoms with E-state index in [9.17, 15) is 4.39 Å². The predicted octanol–water partition coefficient (Wildman–Crippen LogP) is 2.62. The molecule has 0 radical (unpaired) electrons. The fourth-order valence-electron chi connectivity index (χ4n) is 1.89. The molecule has 0 atom stereocenters. The van der Waals surface area contributed by atoms with E-state index in [1.54, 1.807) is 6.07 Å². The van der Waals surface area contributed by atoms with Crippen LogP contribution in [0.2, 0.25) is 0 Å². The first-order chi connectivity index (χ1) is 6.65. The van der Waals surface area contributed by atoms with Gasteiger partial charge in [0, 0.05) is 6.04 Å². The smallest absolute Gasteiger partial charge is 0.125 e. The third-order valence-corrected chi connectivity index (χ3v) is 2.75. The van der Waals surface area contributed by atoms with Gasteiger partial charge in [-0.25, -0.2) is 4.39 Å². The summed E-state index contributed by atoms with van der Waals surface area (Å²) in [5.74, 6) is 0.538. The Labute approximate surface area is 83.3 Å².